The molecular formula is C22H24O10. The molecule has 4 rings (SSSR count). The van der Waals surface area contributed by atoms with Gasteiger partial charge in [-0.25, -0.2) is 0 Å². The number of rotatable bonds is 3. The molecule has 1 fully saturated rings. The lowest BCUT2D eigenvalue weighted by Crippen LogP contribution is -2.55. The summed E-state index contributed by atoms with van der Waals surface area (Å²) < 4.78 is 11.6. The van der Waals surface area contributed by atoms with Crippen molar-refractivity contribution in [3.63, 3.8) is 0 Å². The minimum absolute atomic E-state index is 0.0178. The summed E-state index contributed by atoms with van der Waals surface area (Å²) in [5.41, 5.74) is 0.0863. The number of phenolic OH excluding ortho intramolecular Hbond substituents is 3. The number of ketones is 1. The monoisotopic (exact) mass is 448 g/mol. The standard InChI is InChI=1S/C22H24O10/c1-8-16(26)14-11(25)6-12(9-2-4-10(24)5-3-9)31-21(14)15(17(8)27)22-20(30)19(29)18(28)13(7-23)32-22/h2-5,12-13,18-20,22-24,26-30H,6-7H2,1H3. The van der Waals surface area contributed by atoms with Crippen LogP contribution in [0.2, 0.25) is 0 Å². The van der Waals surface area contributed by atoms with E-state index in [0.29, 0.717) is 5.56 Å². The van der Waals surface area contributed by atoms with E-state index < -0.39 is 60.5 Å². The molecule has 2 aliphatic heterocycles. The number of Topliss-reactive ketones (excluding diaryl/α,β-unsaturated/α-hetero) is 1. The molecule has 10 heteroatoms. The van der Waals surface area contributed by atoms with Gasteiger partial charge < -0.3 is 45.2 Å². The number of aliphatic hydroxyl groups excluding tert-OH is 4. The van der Waals surface area contributed by atoms with E-state index >= 15 is 0 Å². The molecule has 7 N–H and O–H groups in total. The van der Waals surface area contributed by atoms with E-state index in [-0.39, 0.29) is 34.6 Å². The lowest BCUT2D eigenvalue weighted by Gasteiger charge is -2.41. The maximum atomic E-state index is 13.0. The van der Waals surface area contributed by atoms with Crippen molar-refractivity contribution in [3.05, 3.63) is 46.5 Å². The molecule has 0 aliphatic carbocycles. The first-order chi connectivity index (χ1) is 15.1. The molecule has 2 aliphatic rings. The third kappa shape index (κ3) is 3.46. The van der Waals surface area contributed by atoms with Crippen molar-refractivity contribution in [1.29, 1.82) is 0 Å². The topological polar surface area (TPSA) is 177 Å². The molecule has 0 aromatic heterocycles. The Hall–Kier alpha value is -2.89. The Morgan fingerprint density at radius 2 is 1.62 bits per heavy atom. The van der Waals surface area contributed by atoms with Gasteiger partial charge in [-0.2, -0.15) is 0 Å². The summed E-state index contributed by atoms with van der Waals surface area (Å²) in [4.78, 5) is 13.0. The van der Waals surface area contributed by atoms with Gasteiger partial charge in [0, 0.05) is 5.56 Å². The molecule has 6 unspecified atom stereocenters. The van der Waals surface area contributed by atoms with E-state index in [1.807, 2.05) is 0 Å². The van der Waals surface area contributed by atoms with Crippen LogP contribution in [0.3, 0.4) is 0 Å². The number of phenols is 3. The van der Waals surface area contributed by atoms with Crippen molar-refractivity contribution in [2.24, 2.45) is 0 Å². The predicted octanol–water partition coefficient (Wildman–Crippen LogP) is 0.333. The van der Waals surface area contributed by atoms with E-state index in [9.17, 15) is 40.5 Å². The highest BCUT2D eigenvalue weighted by Crippen LogP contribution is 2.52. The van der Waals surface area contributed by atoms with Crippen molar-refractivity contribution in [1.82, 2.24) is 0 Å². The number of ether oxygens (including phenoxy) is 2. The lowest BCUT2D eigenvalue weighted by molar-refractivity contribution is -0.232. The average Bonchev–Trinajstić information content (AvgIpc) is 2.77. The van der Waals surface area contributed by atoms with Gasteiger partial charge in [-0.1, -0.05) is 12.1 Å². The number of aliphatic hydroxyl groups is 4. The Morgan fingerprint density at radius 1 is 0.969 bits per heavy atom. The molecule has 0 bridgehead atoms. The van der Waals surface area contributed by atoms with E-state index in [1.165, 1.54) is 19.1 Å². The van der Waals surface area contributed by atoms with Crippen molar-refractivity contribution >= 4 is 5.78 Å². The zero-order valence-electron chi connectivity index (χ0n) is 17.0. The van der Waals surface area contributed by atoms with Gasteiger partial charge in [0.25, 0.3) is 0 Å². The van der Waals surface area contributed by atoms with Crippen molar-refractivity contribution in [2.45, 2.75) is 50.0 Å². The molecule has 0 amide bonds. The molecule has 10 nitrogen and oxygen atoms in total. The largest absolute Gasteiger partial charge is 0.508 e. The van der Waals surface area contributed by atoms with Crippen LogP contribution in [0.5, 0.6) is 23.0 Å². The molecule has 32 heavy (non-hydrogen) atoms. The second kappa shape index (κ2) is 8.23. The normalized spacial score (nSPS) is 30.0. The summed E-state index contributed by atoms with van der Waals surface area (Å²) in [5, 5.41) is 71.2. The number of benzene rings is 2. The highest BCUT2D eigenvalue weighted by Gasteiger charge is 2.48. The van der Waals surface area contributed by atoms with Crippen LogP contribution in [0.4, 0.5) is 0 Å². The molecular weight excluding hydrogens is 424 g/mol. The second-order valence-corrected chi connectivity index (χ2v) is 8.01. The Labute approximate surface area is 182 Å². The van der Waals surface area contributed by atoms with Crippen molar-refractivity contribution in [3.8, 4) is 23.0 Å². The van der Waals surface area contributed by atoms with Crippen molar-refractivity contribution < 1.29 is 50.0 Å². The molecule has 2 aromatic carbocycles. The number of fused-ring (bicyclic) bond motifs is 1. The summed E-state index contributed by atoms with van der Waals surface area (Å²) in [7, 11) is 0. The van der Waals surface area contributed by atoms with E-state index in [1.54, 1.807) is 12.1 Å². The molecule has 2 aromatic rings. The Balaban J connectivity index is 1.86. The number of carbonyl (C=O) groups is 1. The van der Waals surface area contributed by atoms with Gasteiger partial charge in [0.05, 0.1) is 18.6 Å². The van der Waals surface area contributed by atoms with Gasteiger partial charge in [0.2, 0.25) is 0 Å². The number of carbonyl (C=O) groups excluding carboxylic acids is 1. The van der Waals surface area contributed by atoms with Gasteiger partial charge in [-0.05, 0) is 24.6 Å². The zero-order chi connectivity index (χ0) is 23.3. The fourth-order valence-corrected chi connectivity index (χ4v) is 4.17. The Kier molecular flexibility index (Phi) is 5.74. The summed E-state index contributed by atoms with van der Waals surface area (Å²) in [6.07, 6.45) is -8.78. The molecule has 1 saturated heterocycles. The van der Waals surface area contributed by atoms with Crippen LogP contribution in [0.15, 0.2) is 24.3 Å². The lowest BCUT2D eigenvalue weighted by atomic mass is 9.85. The van der Waals surface area contributed by atoms with Gasteiger partial charge in [-0.15, -0.1) is 0 Å². The van der Waals surface area contributed by atoms with Crippen LogP contribution in [0.1, 0.15) is 45.7 Å². The van der Waals surface area contributed by atoms with Crippen LogP contribution < -0.4 is 4.74 Å². The highest BCUT2D eigenvalue weighted by molar-refractivity contribution is 6.04. The molecule has 0 radical (unpaired) electrons. The van der Waals surface area contributed by atoms with E-state index in [4.69, 9.17) is 9.47 Å². The highest BCUT2D eigenvalue weighted by atomic mass is 16.5. The maximum absolute atomic E-state index is 13.0. The fourth-order valence-electron chi connectivity index (χ4n) is 4.17. The third-order valence-corrected chi connectivity index (χ3v) is 6.03. The van der Waals surface area contributed by atoms with Crippen molar-refractivity contribution in [2.75, 3.05) is 6.61 Å². The average molecular weight is 448 g/mol. The van der Waals surface area contributed by atoms with E-state index in [2.05, 4.69) is 0 Å². The predicted molar refractivity (Wildman–Crippen MR) is 108 cm³/mol. The fraction of sp³-hybridized carbons (Fsp3) is 0.409. The van der Waals surface area contributed by atoms with Crippen LogP contribution in [0.25, 0.3) is 0 Å². The SMILES string of the molecule is Cc1c(O)c2c(c(C3OC(CO)C(O)C(O)C3O)c1O)OC(c1ccc(O)cc1)CC2=O. The van der Waals surface area contributed by atoms with E-state index in [0.717, 1.165) is 0 Å². The summed E-state index contributed by atoms with van der Waals surface area (Å²) in [6.45, 7) is 0.676. The van der Waals surface area contributed by atoms with Crippen LogP contribution >= 0.6 is 0 Å². The minimum Gasteiger partial charge on any atom is -0.508 e. The number of hydrogen-bond donors (Lipinski definition) is 7. The summed E-state index contributed by atoms with van der Waals surface area (Å²) >= 11 is 0. The first-order valence-electron chi connectivity index (χ1n) is 10.0. The molecule has 6 atom stereocenters. The number of hydrogen-bond acceptors (Lipinski definition) is 10. The van der Waals surface area contributed by atoms with Gasteiger partial charge in [0.1, 0.15) is 65.2 Å². The quantitative estimate of drug-likeness (QED) is 0.346. The Morgan fingerprint density at radius 3 is 2.25 bits per heavy atom. The second-order valence-electron chi connectivity index (χ2n) is 8.01. The third-order valence-electron chi connectivity index (χ3n) is 6.03. The Bertz CT molecular complexity index is 1030. The van der Waals surface area contributed by atoms with Crippen LogP contribution in [-0.2, 0) is 4.74 Å². The maximum Gasteiger partial charge on any atom is 0.174 e. The van der Waals surface area contributed by atoms with Crippen LogP contribution in [-0.4, -0.2) is 72.6 Å². The first kappa shape index (κ1) is 22.3. The smallest absolute Gasteiger partial charge is 0.174 e. The molecule has 0 saturated carbocycles. The minimum atomic E-state index is -1.74. The first-order valence-corrected chi connectivity index (χ1v) is 10.0. The summed E-state index contributed by atoms with van der Waals surface area (Å²) in [5.74, 6) is -1.71. The molecule has 172 valence electrons. The zero-order valence-corrected chi connectivity index (χ0v) is 17.0. The van der Waals surface area contributed by atoms with Gasteiger partial charge >= 0.3 is 0 Å². The molecule has 0 spiro atoms. The van der Waals surface area contributed by atoms with Gasteiger partial charge in [-0.3, -0.25) is 4.79 Å². The van der Waals surface area contributed by atoms with Gasteiger partial charge in [0.15, 0.2) is 5.78 Å². The number of aromatic hydroxyl groups is 3. The van der Waals surface area contributed by atoms with Crippen LogP contribution in [0, 0.1) is 6.92 Å². The molecule has 2 heterocycles. The summed E-state index contributed by atoms with van der Waals surface area (Å²) in [6, 6.07) is 5.95.